The largest absolute Gasteiger partial charge is 0.311 e. The Morgan fingerprint density at radius 2 is 1.81 bits per heavy atom. The van der Waals surface area contributed by atoms with Gasteiger partial charge in [0.15, 0.2) is 0 Å². The van der Waals surface area contributed by atoms with Gasteiger partial charge in [-0.2, -0.15) is 0 Å². The van der Waals surface area contributed by atoms with Crippen LogP contribution in [0, 0.1) is 5.92 Å². The van der Waals surface area contributed by atoms with Gasteiger partial charge in [-0.25, -0.2) is 0 Å². The quantitative estimate of drug-likeness (QED) is 0.889. The molecule has 21 heavy (non-hydrogen) atoms. The number of hydrogen-bond acceptors (Lipinski definition) is 2. The summed E-state index contributed by atoms with van der Waals surface area (Å²) in [5, 5.41) is 3.77. The number of hydrogen-bond donors (Lipinski definition) is 1. The van der Waals surface area contributed by atoms with Crippen molar-refractivity contribution >= 4 is 0 Å². The van der Waals surface area contributed by atoms with Crippen LogP contribution in [0.25, 0.3) is 0 Å². The Balaban J connectivity index is 1.74. The molecule has 2 atom stereocenters. The van der Waals surface area contributed by atoms with E-state index in [9.17, 15) is 0 Å². The Morgan fingerprint density at radius 1 is 1.14 bits per heavy atom. The summed E-state index contributed by atoms with van der Waals surface area (Å²) < 4.78 is 0. The molecule has 1 aromatic carbocycles. The van der Waals surface area contributed by atoms with Crippen LogP contribution in [0.2, 0.25) is 0 Å². The zero-order valence-corrected chi connectivity index (χ0v) is 13.9. The van der Waals surface area contributed by atoms with Gasteiger partial charge in [0, 0.05) is 31.2 Å². The Bertz CT molecular complexity index is 463. The summed E-state index contributed by atoms with van der Waals surface area (Å²) in [5.41, 5.74) is 3.26. The minimum Gasteiger partial charge on any atom is -0.311 e. The maximum atomic E-state index is 3.77. The third-order valence-corrected chi connectivity index (χ3v) is 5.67. The molecule has 2 nitrogen and oxygen atoms in total. The van der Waals surface area contributed by atoms with Crippen molar-refractivity contribution in [2.75, 3.05) is 13.1 Å². The lowest BCUT2D eigenvalue weighted by Crippen LogP contribution is -2.63. The second-order valence-electron chi connectivity index (χ2n) is 7.17. The fourth-order valence-electron chi connectivity index (χ4n) is 3.73. The number of nitrogens with one attached hydrogen (secondary N) is 1. The molecule has 2 aliphatic rings. The summed E-state index contributed by atoms with van der Waals surface area (Å²) in [4.78, 5) is 2.76. The molecule has 2 heteroatoms. The maximum Gasteiger partial charge on any atom is 0.0338 e. The lowest BCUT2D eigenvalue weighted by atomic mass is 9.88. The molecule has 116 valence electrons. The van der Waals surface area contributed by atoms with Crippen molar-refractivity contribution in [3.05, 3.63) is 35.4 Å². The smallest absolute Gasteiger partial charge is 0.0338 e. The summed E-state index contributed by atoms with van der Waals surface area (Å²) in [6.45, 7) is 10.5. The summed E-state index contributed by atoms with van der Waals surface area (Å²) >= 11 is 0. The molecule has 0 aromatic heterocycles. The van der Waals surface area contributed by atoms with E-state index in [1.165, 1.54) is 36.9 Å². The molecule has 1 heterocycles. The Labute approximate surface area is 129 Å². The topological polar surface area (TPSA) is 15.3 Å². The third kappa shape index (κ3) is 3.17. The summed E-state index contributed by atoms with van der Waals surface area (Å²) in [7, 11) is 0. The van der Waals surface area contributed by atoms with E-state index in [1.54, 1.807) is 0 Å². The summed E-state index contributed by atoms with van der Waals surface area (Å²) in [6, 6.07) is 9.91. The molecular formula is C19H30N2. The molecule has 1 aromatic rings. The van der Waals surface area contributed by atoms with Gasteiger partial charge in [0.25, 0.3) is 0 Å². The van der Waals surface area contributed by atoms with Crippen LogP contribution in [0.15, 0.2) is 24.3 Å². The van der Waals surface area contributed by atoms with Gasteiger partial charge < -0.3 is 5.32 Å². The fraction of sp³-hybridized carbons (Fsp3) is 0.684. The number of nitrogens with zero attached hydrogens (tertiary/aromatic N) is 1. The van der Waals surface area contributed by atoms with Gasteiger partial charge in [-0.15, -0.1) is 0 Å². The van der Waals surface area contributed by atoms with Gasteiger partial charge in [0.05, 0.1) is 0 Å². The molecule has 2 unspecified atom stereocenters. The van der Waals surface area contributed by atoms with Gasteiger partial charge in [0.1, 0.15) is 0 Å². The van der Waals surface area contributed by atoms with Gasteiger partial charge in [-0.3, -0.25) is 4.90 Å². The summed E-state index contributed by atoms with van der Waals surface area (Å²) in [6.07, 6.45) is 5.19. The predicted octanol–water partition coefficient (Wildman–Crippen LogP) is 3.60. The van der Waals surface area contributed by atoms with E-state index in [4.69, 9.17) is 0 Å². The highest BCUT2D eigenvalue weighted by Crippen LogP contribution is 2.44. The van der Waals surface area contributed by atoms with Crippen molar-refractivity contribution in [2.45, 2.75) is 64.6 Å². The average molecular weight is 286 g/mol. The van der Waals surface area contributed by atoms with Crippen molar-refractivity contribution in [2.24, 2.45) is 5.92 Å². The Hall–Kier alpha value is -0.860. The molecule has 1 aliphatic heterocycles. The standard InChI is InChI=1S/C19H30N2/c1-4-15-6-8-16(9-7-15)12-21-13-18(5-2)20-14-19(21,3)17-10-11-17/h6-9,17-18,20H,4-5,10-14H2,1-3H3. The van der Waals surface area contributed by atoms with Gasteiger partial charge in [-0.1, -0.05) is 38.1 Å². The second-order valence-corrected chi connectivity index (χ2v) is 7.17. The molecule has 1 aliphatic carbocycles. The lowest BCUT2D eigenvalue weighted by Gasteiger charge is -2.48. The Morgan fingerprint density at radius 3 is 2.38 bits per heavy atom. The maximum absolute atomic E-state index is 3.77. The molecule has 1 saturated heterocycles. The number of piperazine rings is 1. The van der Waals surface area contributed by atoms with Crippen LogP contribution in [0.3, 0.4) is 0 Å². The van der Waals surface area contributed by atoms with Crippen LogP contribution in [-0.4, -0.2) is 29.6 Å². The van der Waals surface area contributed by atoms with Crippen LogP contribution in [0.1, 0.15) is 51.2 Å². The molecule has 3 rings (SSSR count). The molecule has 0 bridgehead atoms. The first kappa shape index (κ1) is 15.1. The van der Waals surface area contributed by atoms with Crippen molar-refractivity contribution < 1.29 is 0 Å². The molecular weight excluding hydrogens is 256 g/mol. The van der Waals surface area contributed by atoms with Gasteiger partial charge in [-0.05, 0) is 49.7 Å². The van der Waals surface area contributed by atoms with E-state index < -0.39 is 0 Å². The number of aryl methyl sites for hydroxylation is 1. The first-order valence-corrected chi connectivity index (χ1v) is 8.72. The zero-order chi connectivity index (χ0) is 14.9. The van der Waals surface area contributed by atoms with Crippen molar-refractivity contribution in [1.82, 2.24) is 10.2 Å². The molecule has 0 spiro atoms. The molecule has 2 fully saturated rings. The fourth-order valence-corrected chi connectivity index (χ4v) is 3.73. The third-order valence-electron chi connectivity index (χ3n) is 5.67. The van der Waals surface area contributed by atoms with Crippen LogP contribution in [-0.2, 0) is 13.0 Å². The van der Waals surface area contributed by atoms with Gasteiger partial charge in [0.2, 0.25) is 0 Å². The van der Waals surface area contributed by atoms with E-state index in [0.717, 1.165) is 25.4 Å². The van der Waals surface area contributed by atoms with Gasteiger partial charge >= 0.3 is 0 Å². The highest BCUT2D eigenvalue weighted by atomic mass is 15.3. The first-order valence-electron chi connectivity index (χ1n) is 8.72. The number of rotatable bonds is 5. The first-order chi connectivity index (χ1) is 10.2. The second kappa shape index (κ2) is 6.10. The molecule has 1 N–H and O–H groups in total. The lowest BCUT2D eigenvalue weighted by molar-refractivity contribution is 0.0270. The van der Waals surface area contributed by atoms with Crippen LogP contribution in [0.5, 0.6) is 0 Å². The van der Waals surface area contributed by atoms with Crippen molar-refractivity contribution in [1.29, 1.82) is 0 Å². The molecule has 0 amide bonds. The SMILES string of the molecule is CCc1ccc(CN2CC(CC)NCC2(C)C2CC2)cc1. The summed E-state index contributed by atoms with van der Waals surface area (Å²) in [5.74, 6) is 0.901. The molecule has 1 saturated carbocycles. The minimum atomic E-state index is 0.356. The van der Waals surface area contributed by atoms with Crippen LogP contribution >= 0.6 is 0 Å². The monoisotopic (exact) mass is 286 g/mol. The van der Waals surface area contributed by atoms with E-state index in [2.05, 4.69) is 55.3 Å². The molecule has 0 radical (unpaired) electrons. The highest BCUT2D eigenvalue weighted by molar-refractivity contribution is 5.23. The van der Waals surface area contributed by atoms with Crippen molar-refractivity contribution in [3.8, 4) is 0 Å². The highest BCUT2D eigenvalue weighted by Gasteiger charge is 2.47. The Kier molecular flexibility index (Phi) is 4.37. The van der Waals surface area contributed by atoms with Crippen LogP contribution in [0.4, 0.5) is 0 Å². The zero-order valence-electron chi connectivity index (χ0n) is 13.9. The van der Waals surface area contributed by atoms with E-state index in [1.807, 2.05) is 0 Å². The normalized spacial score (nSPS) is 30.5. The van der Waals surface area contributed by atoms with E-state index in [-0.39, 0.29) is 0 Å². The van der Waals surface area contributed by atoms with E-state index in [0.29, 0.717) is 11.6 Å². The predicted molar refractivity (Wildman–Crippen MR) is 89.4 cm³/mol. The van der Waals surface area contributed by atoms with Crippen LogP contribution < -0.4 is 5.32 Å². The average Bonchev–Trinajstić information content (AvgIpc) is 3.35. The minimum absolute atomic E-state index is 0.356. The number of benzene rings is 1. The van der Waals surface area contributed by atoms with E-state index >= 15 is 0 Å². The van der Waals surface area contributed by atoms with Crippen molar-refractivity contribution in [3.63, 3.8) is 0 Å².